The van der Waals surface area contributed by atoms with Crippen molar-refractivity contribution >= 4 is 17.6 Å². The van der Waals surface area contributed by atoms with Gasteiger partial charge in [0.05, 0.1) is 17.1 Å². The zero-order valence-corrected chi connectivity index (χ0v) is 15.2. The summed E-state index contributed by atoms with van der Waals surface area (Å²) < 4.78 is 20.2. The molecule has 6 heteroatoms. The van der Waals surface area contributed by atoms with Crippen LogP contribution < -0.4 is 0 Å². The van der Waals surface area contributed by atoms with Gasteiger partial charge in [0.25, 0.3) is 0 Å². The number of hydrogen-bond acceptors (Lipinski definition) is 3. The second kappa shape index (κ2) is 7.79. The lowest BCUT2D eigenvalue weighted by Crippen LogP contribution is -2.11. The lowest BCUT2D eigenvalue weighted by Gasteiger charge is -2.09. The number of ether oxygens (including phenoxy) is 1. The van der Waals surface area contributed by atoms with Crippen molar-refractivity contribution in [1.82, 2.24) is 9.78 Å². The minimum absolute atomic E-state index is 0.0240. The molecule has 0 saturated heterocycles. The second-order valence-electron chi connectivity index (χ2n) is 6.30. The summed E-state index contributed by atoms with van der Waals surface area (Å²) >= 11 is 5.93. The molecule has 1 aromatic heterocycles. The second-order valence-corrected chi connectivity index (χ2v) is 6.71. The van der Waals surface area contributed by atoms with Crippen molar-refractivity contribution in [2.75, 3.05) is 0 Å². The molecule has 0 atom stereocenters. The Morgan fingerprint density at radius 1 is 1.38 bits per heavy atom. The van der Waals surface area contributed by atoms with Crippen LogP contribution in [0.4, 0.5) is 4.39 Å². The summed E-state index contributed by atoms with van der Waals surface area (Å²) in [6.07, 6.45) is 0.161. The zero-order chi connectivity index (χ0) is 17.9. The van der Waals surface area contributed by atoms with Crippen LogP contribution in [0.1, 0.15) is 36.4 Å². The molecule has 0 spiro atoms. The average molecular weight is 353 g/mol. The maximum atomic E-state index is 13.0. The summed E-state index contributed by atoms with van der Waals surface area (Å²) in [6, 6.07) is 4.01. The third kappa shape index (κ3) is 4.57. The van der Waals surface area contributed by atoms with E-state index >= 15 is 0 Å². The Hall–Kier alpha value is -1.88. The zero-order valence-electron chi connectivity index (χ0n) is 14.4. The van der Waals surface area contributed by atoms with Crippen LogP contribution in [0.3, 0.4) is 0 Å². The van der Waals surface area contributed by atoms with Crippen LogP contribution in [0.2, 0.25) is 5.02 Å². The van der Waals surface area contributed by atoms with Crippen molar-refractivity contribution in [3.63, 3.8) is 0 Å². The van der Waals surface area contributed by atoms with E-state index in [-0.39, 0.29) is 24.0 Å². The molecule has 0 radical (unpaired) electrons. The van der Waals surface area contributed by atoms with E-state index in [1.165, 1.54) is 18.2 Å². The molecule has 0 amide bonds. The highest BCUT2D eigenvalue weighted by Gasteiger charge is 2.16. The van der Waals surface area contributed by atoms with Gasteiger partial charge in [0.15, 0.2) is 0 Å². The fourth-order valence-electron chi connectivity index (χ4n) is 2.51. The van der Waals surface area contributed by atoms with Gasteiger partial charge < -0.3 is 4.74 Å². The number of carbonyl (C=O) groups excluding carboxylic acids is 1. The number of nitrogens with zero attached hydrogens (tertiary/aromatic N) is 2. The molecular weight excluding hydrogens is 331 g/mol. The first kappa shape index (κ1) is 18.5. The van der Waals surface area contributed by atoms with Crippen molar-refractivity contribution in [3.05, 3.63) is 51.6 Å². The Bertz CT molecular complexity index is 741. The van der Waals surface area contributed by atoms with Crippen LogP contribution in [0.5, 0.6) is 0 Å². The molecule has 0 saturated carbocycles. The highest BCUT2D eigenvalue weighted by molar-refractivity contribution is 6.31. The minimum Gasteiger partial charge on any atom is -0.460 e. The Labute approximate surface area is 146 Å². The molecule has 0 aliphatic carbocycles. The molecule has 0 fully saturated rings. The number of esters is 1. The van der Waals surface area contributed by atoms with Gasteiger partial charge >= 0.3 is 5.97 Å². The molecule has 4 nitrogen and oxygen atoms in total. The molecule has 130 valence electrons. The predicted octanol–water partition coefficient (Wildman–Crippen LogP) is 4.23. The summed E-state index contributed by atoms with van der Waals surface area (Å²) in [5.41, 5.74) is 3.30. The maximum Gasteiger partial charge on any atom is 0.310 e. The molecular formula is C18H22ClFN2O2. The van der Waals surface area contributed by atoms with Crippen molar-refractivity contribution in [1.29, 1.82) is 0 Å². The van der Waals surface area contributed by atoms with Gasteiger partial charge in [0.1, 0.15) is 12.4 Å². The topological polar surface area (TPSA) is 44.1 Å². The van der Waals surface area contributed by atoms with Crippen molar-refractivity contribution in [2.24, 2.45) is 5.92 Å². The van der Waals surface area contributed by atoms with Crippen LogP contribution in [-0.2, 0) is 29.1 Å². The highest BCUT2D eigenvalue weighted by Crippen LogP contribution is 2.19. The van der Waals surface area contributed by atoms with E-state index < -0.39 is 5.82 Å². The Morgan fingerprint density at radius 2 is 2.08 bits per heavy atom. The number of halogens is 2. The lowest BCUT2D eigenvalue weighted by molar-refractivity contribution is -0.144. The maximum absolute atomic E-state index is 13.0. The standard InChI is InChI=1S/C18H22ClFN2O2/c1-11(2)9-22-13(4)16(12(3)21-22)8-18(23)24-10-14-5-6-15(20)7-17(14)19/h5-7,11H,8-10H2,1-4H3. The quantitative estimate of drug-likeness (QED) is 0.730. The first-order valence-electron chi connectivity index (χ1n) is 7.90. The van der Waals surface area contributed by atoms with E-state index in [1.54, 1.807) is 0 Å². The predicted molar refractivity (Wildman–Crippen MR) is 91.4 cm³/mol. The third-order valence-electron chi connectivity index (χ3n) is 3.79. The Balaban J connectivity index is 2.01. The van der Waals surface area contributed by atoms with Gasteiger partial charge in [-0.3, -0.25) is 9.48 Å². The van der Waals surface area contributed by atoms with Gasteiger partial charge in [-0.2, -0.15) is 5.10 Å². The van der Waals surface area contributed by atoms with Crippen LogP contribution in [0.15, 0.2) is 18.2 Å². The van der Waals surface area contributed by atoms with Gasteiger partial charge in [0, 0.05) is 23.4 Å². The third-order valence-corrected chi connectivity index (χ3v) is 4.15. The highest BCUT2D eigenvalue weighted by atomic mass is 35.5. The first-order valence-corrected chi connectivity index (χ1v) is 8.28. The number of benzene rings is 1. The number of hydrogen-bond donors (Lipinski definition) is 0. The van der Waals surface area contributed by atoms with E-state index in [9.17, 15) is 9.18 Å². The largest absolute Gasteiger partial charge is 0.460 e. The van der Waals surface area contributed by atoms with E-state index in [1.807, 2.05) is 18.5 Å². The molecule has 1 aromatic carbocycles. The number of aryl methyl sites for hydroxylation is 1. The van der Waals surface area contributed by atoms with Crippen molar-refractivity contribution in [3.8, 4) is 0 Å². The van der Waals surface area contributed by atoms with E-state index in [0.717, 1.165) is 23.5 Å². The van der Waals surface area contributed by atoms with E-state index in [4.69, 9.17) is 16.3 Å². The van der Waals surface area contributed by atoms with Gasteiger partial charge in [0.2, 0.25) is 0 Å². The molecule has 0 N–H and O–H groups in total. The molecule has 0 aliphatic heterocycles. The summed E-state index contributed by atoms with van der Waals surface area (Å²) in [6.45, 7) is 8.93. The summed E-state index contributed by atoms with van der Waals surface area (Å²) in [7, 11) is 0. The minimum atomic E-state index is -0.418. The van der Waals surface area contributed by atoms with Crippen LogP contribution in [-0.4, -0.2) is 15.7 Å². The smallest absolute Gasteiger partial charge is 0.310 e. The Kier molecular flexibility index (Phi) is 5.99. The summed E-state index contributed by atoms with van der Waals surface area (Å²) in [5, 5.41) is 4.74. The number of aromatic nitrogens is 2. The fraction of sp³-hybridized carbons (Fsp3) is 0.444. The summed E-state index contributed by atoms with van der Waals surface area (Å²) in [4.78, 5) is 12.1. The van der Waals surface area contributed by atoms with Crippen molar-refractivity contribution < 1.29 is 13.9 Å². The fourth-order valence-corrected chi connectivity index (χ4v) is 2.73. The molecule has 2 rings (SSSR count). The van der Waals surface area contributed by atoms with Gasteiger partial charge in [-0.05, 0) is 31.9 Å². The van der Waals surface area contributed by atoms with Crippen molar-refractivity contribution in [2.45, 2.75) is 47.3 Å². The monoisotopic (exact) mass is 352 g/mol. The average Bonchev–Trinajstić information content (AvgIpc) is 2.73. The lowest BCUT2D eigenvalue weighted by atomic mass is 10.1. The SMILES string of the molecule is Cc1nn(CC(C)C)c(C)c1CC(=O)OCc1ccc(F)cc1Cl. The Morgan fingerprint density at radius 3 is 2.71 bits per heavy atom. The number of carbonyl (C=O) groups is 1. The van der Waals surface area contributed by atoms with Gasteiger partial charge in [-0.1, -0.05) is 31.5 Å². The molecule has 2 aromatic rings. The van der Waals surface area contributed by atoms with Gasteiger partial charge in [-0.15, -0.1) is 0 Å². The molecule has 0 aliphatic rings. The molecule has 0 bridgehead atoms. The number of rotatable bonds is 6. The first-order chi connectivity index (χ1) is 11.3. The molecule has 1 heterocycles. The normalized spacial score (nSPS) is 11.1. The molecule has 24 heavy (non-hydrogen) atoms. The van der Waals surface area contributed by atoms with Crippen LogP contribution >= 0.6 is 11.6 Å². The van der Waals surface area contributed by atoms with E-state index in [0.29, 0.717) is 11.5 Å². The van der Waals surface area contributed by atoms with E-state index in [2.05, 4.69) is 18.9 Å². The summed E-state index contributed by atoms with van der Waals surface area (Å²) in [5.74, 6) is -0.298. The van der Waals surface area contributed by atoms with Crippen LogP contribution in [0, 0.1) is 25.6 Å². The molecule has 0 unspecified atom stereocenters. The van der Waals surface area contributed by atoms with Gasteiger partial charge in [-0.25, -0.2) is 4.39 Å². The van der Waals surface area contributed by atoms with Crippen LogP contribution in [0.25, 0.3) is 0 Å².